The second-order valence-corrected chi connectivity index (χ2v) is 12.4. The van der Waals surface area contributed by atoms with E-state index in [1.54, 1.807) is 4.68 Å². The molecule has 49 heavy (non-hydrogen) atoms. The Morgan fingerprint density at radius 1 is 0.796 bits per heavy atom. The molecule has 0 amide bonds. The average molecular weight is 652 g/mol. The topological polar surface area (TPSA) is 91.7 Å². The average Bonchev–Trinajstić information content (AvgIpc) is 3.73. The monoisotopic (exact) mass is 651 g/mol. The Morgan fingerprint density at radius 2 is 1.35 bits per heavy atom. The van der Waals surface area contributed by atoms with Gasteiger partial charge >= 0.3 is 11.9 Å². The van der Waals surface area contributed by atoms with Crippen LogP contribution in [0.4, 0.5) is 0 Å². The molecule has 246 valence electrons. The molecule has 0 spiro atoms. The SMILES string of the molecule is CC1=C(C(=O)OCc2ccccc2)C(c2cn(-c3ccccc3)nc2-c2ccc3c(c2)CC(C)O3)C(C(=O)OCc2ccccc2)=C(C)N1. The molecule has 1 unspecified atom stereocenters. The number of carbonyl (C=O) groups is 2. The predicted octanol–water partition coefficient (Wildman–Crippen LogP) is 7.58. The van der Waals surface area contributed by atoms with E-state index in [2.05, 4.69) is 11.4 Å². The maximum absolute atomic E-state index is 14.2. The first-order valence-electron chi connectivity index (χ1n) is 16.4. The molecule has 8 nitrogen and oxygen atoms in total. The van der Waals surface area contributed by atoms with Gasteiger partial charge < -0.3 is 19.5 Å². The molecule has 1 aromatic heterocycles. The first-order valence-corrected chi connectivity index (χ1v) is 16.4. The van der Waals surface area contributed by atoms with Crippen LogP contribution in [-0.4, -0.2) is 27.8 Å². The van der Waals surface area contributed by atoms with Crippen molar-refractivity contribution in [3.05, 3.63) is 160 Å². The largest absolute Gasteiger partial charge is 0.490 e. The minimum atomic E-state index is -0.844. The lowest BCUT2D eigenvalue weighted by Gasteiger charge is -2.30. The minimum Gasteiger partial charge on any atom is -0.490 e. The number of rotatable bonds is 9. The third kappa shape index (κ3) is 6.63. The van der Waals surface area contributed by atoms with Crippen molar-refractivity contribution < 1.29 is 23.8 Å². The number of ether oxygens (including phenoxy) is 3. The number of aromatic nitrogens is 2. The lowest BCUT2D eigenvalue weighted by molar-refractivity contribution is -0.141. The molecule has 4 aromatic carbocycles. The lowest BCUT2D eigenvalue weighted by atomic mass is 9.79. The van der Waals surface area contributed by atoms with Crippen molar-refractivity contribution in [2.24, 2.45) is 0 Å². The Bertz CT molecular complexity index is 1990. The molecule has 0 fully saturated rings. The van der Waals surface area contributed by atoms with E-state index in [-0.39, 0.29) is 19.3 Å². The van der Waals surface area contributed by atoms with E-state index in [9.17, 15) is 9.59 Å². The van der Waals surface area contributed by atoms with Gasteiger partial charge in [-0.3, -0.25) is 0 Å². The zero-order valence-electron chi connectivity index (χ0n) is 27.7. The smallest absolute Gasteiger partial charge is 0.337 e. The standard InChI is InChI=1S/C41H37N3O5/c1-26-21-32-22-31(19-20-35(32)49-26)39-34(23-44(43-39)33-17-11-6-12-18-33)38-36(40(45)47-24-29-13-7-4-8-14-29)27(2)42-28(3)37(38)41(46)48-25-30-15-9-5-10-16-30/h4-20,22-23,26,38,42H,21,24-25H2,1-3H3. The molecule has 0 radical (unpaired) electrons. The number of hydrogen-bond acceptors (Lipinski definition) is 7. The fraction of sp³-hybridized carbons (Fsp3) is 0.195. The van der Waals surface area contributed by atoms with Crippen molar-refractivity contribution in [3.63, 3.8) is 0 Å². The summed E-state index contributed by atoms with van der Waals surface area (Å²) in [4.78, 5) is 28.4. The lowest BCUT2D eigenvalue weighted by Crippen LogP contribution is -2.32. The van der Waals surface area contributed by atoms with E-state index in [0.717, 1.165) is 40.1 Å². The van der Waals surface area contributed by atoms with Crippen molar-refractivity contribution in [1.29, 1.82) is 0 Å². The molecule has 0 bridgehead atoms. The normalized spacial score (nSPS) is 15.8. The van der Waals surface area contributed by atoms with E-state index < -0.39 is 17.9 Å². The molecule has 5 aromatic rings. The summed E-state index contributed by atoms with van der Waals surface area (Å²) in [5, 5.41) is 8.39. The van der Waals surface area contributed by atoms with Gasteiger partial charge in [-0.15, -0.1) is 0 Å². The molecule has 1 atom stereocenters. The fourth-order valence-electron chi connectivity index (χ4n) is 6.55. The van der Waals surface area contributed by atoms with Gasteiger partial charge in [-0.05, 0) is 67.8 Å². The van der Waals surface area contributed by atoms with E-state index in [1.165, 1.54) is 0 Å². The highest BCUT2D eigenvalue weighted by Gasteiger charge is 2.40. The van der Waals surface area contributed by atoms with E-state index in [4.69, 9.17) is 19.3 Å². The van der Waals surface area contributed by atoms with Gasteiger partial charge in [0.25, 0.3) is 0 Å². The molecule has 0 aliphatic carbocycles. The Kier molecular flexibility index (Phi) is 8.85. The van der Waals surface area contributed by atoms with Crippen LogP contribution in [0.25, 0.3) is 16.9 Å². The summed E-state index contributed by atoms with van der Waals surface area (Å²) in [5.41, 5.74) is 7.62. The minimum absolute atomic E-state index is 0.0733. The number of para-hydroxylation sites is 1. The summed E-state index contributed by atoms with van der Waals surface area (Å²) in [6, 6.07) is 34.9. The molecule has 1 N–H and O–H groups in total. The quantitative estimate of drug-likeness (QED) is 0.164. The van der Waals surface area contributed by atoms with Gasteiger partial charge in [-0.2, -0.15) is 5.10 Å². The Balaban J connectivity index is 1.36. The third-order valence-electron chi connectivity index (χ3n) is 8.87. The maximum atomic E-state index is 14.2. The molecule has 2 aliphatic heterocycles. The van der Waals surface area contributed by atoms with E-state index in [0.29, 0.717) is 33.8 Å². The maximum Gasteiger partial charge on any atom is 0.337 e. The van der Waals surface area contributed by atoms with Crippen molar-refractivity contribution in [2.75, 3.05) is 0 Å². The molecule has 0 saturated heterocycles. The van der Waals surface area contributed by atoms with Gasteiger partial charge in [0.1, 0.15) is 25.1 Å². The molecular weight excluding hydrogens is 614 g/mol. The molecule has 0 saturated carbocycles. The summed E-state index contributed by atoms with van der Waals surface area (Å²) in [7, 11) is 0. The summed E-state index contributed by atoms with van der Waals surface area (Å²) in [5.74, 6) is -1.06. The summed E-state index contributed by atoms with van der Waals surface area (Å²) < 4.78 is 19.7. The van der Waals surface area contributed by atoms with Crippen LogP contribution in [0.1, 0.15) is 48.9 Å². The Labute approximate surface area is 285 Å². The third-order valence-corrected chi connectivity index (χ3v) is 8.87. The number of fused-ring (bicyclic) bond motifs is 1. The van der Waals surface area contributed by atoms with Crippen LogP contribution < -0.4 is 10.1 Å². The molecule has 8 heteroatoms. The zero-order chi connectivity index (χ0) is 33.9. The van der Waals surface area contributed by atoms with Gasteiger partial charge in [0, 0.05) is 35.1 Å². The molecule has 7 rings (SSSR count). The molecule has 3 heterocycles. The second-order valence-electron chi connectivity index (χ2n) is 12.4. The van der Waals surface area contributed by atoms with Gasteiger partial charge in [0.2, 0.25) is 0 Å². The number of nitrogens with zero attached hydrogens (tertiary/aromatic N) is 2. The fourth-order valence-corrected chi connectivity index (χ4v) is 6.55. The first kappa shape index (κ1) is 31.7. The first-order chi connectivity index (χ1) is 23.9. The number of allylic oxidation sites excluding steroid dienone is 2. The van der Waals surface area contributed by atoms with Crippen LogP contribution in [0.5, 0.6) is 5.75 Å². The van der Waals surface area contributed by atoms with E-state index in [1.807, 2.05) is 130 Å². The predicted molar refractivity (Wildman–Crippen MR) is 187 cm³/mol. The number of dihydropyridines is 1. The van der Waals surface area contributed by atoms with Crippen LogP contribution in [0.15, 0.2) is 138 Å². The highest BCUT2D eigenvalue weighted by atomic mass is 16.5. The molecule has 2 aliphatic rings. The van der Waals surface area contributed by atoms with Crippen molar-refractivity contribution >= 4 is 11.9 Å². The Hall–Kier alpha value is -5.89. The number of benzene rings is 4. The van der Waals surface area contributed by atoms with Crippen LogP contribution in [0.2, 0.25) is 0 Å². The highest BCUT2D eigenvalue weighted by Crippen LogP contribution is 2.44. The van der Waals surface area contributed by atoms with Crippen LogP contribution in [0, 0.1) is 0 Å². The number of nitrogens with one attached hydrogen (secondary N) is 1. The highest BCUT2D eigenvalue weighted by molar-refractivity contribution is 6.00. The van der Waals surface area contributed by atoms with Gasteiger partial charge in [0.05, 0.1) is 28.4 Å². The second kappa shape index (κ2) is 13.7. The van der Waals surface area contributed by atoms with Crippen LogP contribution in [0.3, 0.4) is 0 Å². The zero-order valence-corrected chi connectivity index (χ0v) is 27.7. The van der Waals surface area contributed by atoms with Gasteiger partial charge in [0.15, 0.2) is 0 Å². The summed E-state index contributed by atoms with van der Waals surface area (Å²) >= 11 is 0. The summed E-state index contributed by atoms with van der Waals surface area (Å²) in [6.45, 7) is 5.87. The van der Waals surface area contributed by atoms with Crippen LogP contribution in [-0.2, 0) is 38.7 Å². The number of esters is 2. The van der Waals surface area contributed by atoms with Gasteiger partial charge in [-0.1, -0.05) is 78.9 Å². The summed E-state index contributed by atoms with van der Waals surface area (Å²) in [6.07, 6.45) is 2.75. The van der Waals surface area contributed by atoms with Crippen LogP contribution >= 0.6 is 0 Å². The molecular formula is C41H37N3O5. The van der Waals surface area contributed by atoms with E-state index >= 15 is 0 Å². The van der Waals surface area contributed by atoms with Gasteiger partial charge in [-0.25, -0.2) is 14.3 Å². The van der Waals surface area contributed by atoms with Crippen molar-refractivity contribution in [2.45, 2.75) is 52.4 Å². The van der Waals surface area contributed by atoms with Crippen molar-refractivity contribution in [1.82, 2.24) is 15.1 Å². The Morgan fingerprint density at radius 3 is 1.92 bits per heavy atom. The van der Waals surface area contributed by atoms with Crippen molar-refractivity contribution in [3.8, 4) is 22.7 Å². The number of hydrogen-bond donors (Lipinski definition) is 1. The number of carbonyl (C=O) groups excluding carboxylic acids is 2.